The molecule has 1 N–H and O–H groups in total. The lowest BCUT2D eigenvalue weighted by atomic mass is 9.74. The van der Waals surface area contributed by atoms with E-state index in [-0.39, 0.29) is 11.7 Å². The van der Waals surface area contributed by atoms with E-state index >= 15 is 0 Å². The number of hydrogen-bond donors (Lipinski definition) is 1. The molecule has 4 nitrogen and oxygen atoms in total. The zero-order chi connectivity index (χ0) is 14.3. The van der Waals surface area contributed by atoms with E-state index in [1.54, 1.807) is 0 Å². The van der Waals surface area contributed by atoms with E-state index in [9.17, 15) is 5.11 Å². The first-order valence-electron chi connectivity index (χ1n) is 7.94. The minimum atomic E-state index is -0.388. The topological polar surface area (TPSA) is 47.3 Å². The molecule has 2 unspecified atom stereocenters. The predicted octanol–water partition coefficient (Wildman–Crippen LogP) is 3.22. The van der Waals surface area contributed by atoms with Crippen molar-refractivity contribution in [3.63, 3.8) is 0 Å². The molecule has 1 aliphatic carbocycles. The average molecular weight is 278 g/mol. The number of nitrogens with zero attached hydrogens (tertiary/aromatic N) is 2. The van der Waals surface area contributed by atoms with Gasteiger partial charge >= 0.3 is 0 Å². The number of ether oxygens (including phenoxy) is 1. The Balaban J connectivity index is 1.86. The van der Waals surface area contributed by atoms with Crippen LogP contribution < -0.4 is 0 Å². The summed E-state index contributed by atoms with van der Waals surface area (Å²) in [6.45, 7) is 6.96. The Labute approximate surface area is 121 Å². The molecule has 1 aromatic heterocycles. The number of aliphatic hydroxyl groups excluding tert-OH is 1. The van der Waals surface area contributed by atoms with Gasteiger partial charge in [-0.05, 0) is 52.4 Å². The minimum Gasteiger partial charge on any atom is -0.388 e. The maximum atomic E-state index is 10.2. The van der Waals surface area contributed by atoms with Crippen LogP contribution in [-0.2, 0) is 4.74 Å². The fourth-order valence-corrected chi connectivity index (χ4v) is 3.85. The number of aryl methyl sites for hydroxylation is 1. The molecule has 1 aromatic rings. The van der Waals surface area contributed by atoms with Crippen LogP contribution in [0, 0.1) is 13.8 Å². The molecule has 4 heteroatoms. The summed E-state index contributed by atoms with van der Waals surface area (Å²) in [6.07, 6.45) is 6.17. The first-order valence-corrected chi connectivity index (χ1v) is 7.94. The average Bonchev–Trinajstić information content (AvgIpc) is 2.72. The summed E-state index contributed by atoms with van der Waals surface area (Å²) in [5.41, 5.74) is 3.28. The Bertz CT molecular complexity index is 491. The summed E-state index contributed by atoms with van der Waals surface area (Å²) >= 11 is 0. The third kappa shape index (κ3) is 2.19. The van der Waals surface area contributed by atoms with E-state index in [1.165, 1.54) is 19.3 Å². The highest BCUT2D eigenvalue weighted by Gasteiger charge is 2.43. The van der Waals surface area contributed by atoms with Crippen molar-refractivity contribution in [3.8, 4) is 0 Å². The van der Waals surface area contributed by atoms with Gasteiger partial charge in [-0.15, -0.1) is 0 Å². The molecule has 0 aromatic carbocycles. The van der Waals surface area contributed by atoms with E-state index < -0.39 is 0 Å². The summed E-state index contributed by atoms with van der Waals surface area (Å²) in [7, 11) is 0. The van der Waals surface area contributed by atoms with Crippen molar-refractivity contribution < 1.29 is 9.84 Å². The molecule has 0 bridgehead atoms. The Morgan fingerprint density at radius 3 is 2.80 bits per heavy atom. The number of rotatable bonds is 3. The van der Waals surface area contributed by atoms with Crippen molar-refractivity contribution in [2.75, 3.05) is 6.61 Å². The van der Waals surface area contributed by atoms with Crippen LogP contribution in [0.25, 0.3) is 0 Å². The Kier molecular flexibility index (Phi) is 3.63. The van der Waals surface area contributed by atoms with Crippen LogP contribution in [0.5, 0.6) is 0 Å². The van der Waals surface area contributed by atoms with Gasteiger partial charge in [-0.3, -0.25) is 4.68 Å². The van der Waals surface area contributed by atoms with E-state index in [4.69, 9.17) is 9.84 Å². The van der Waals surface area contributed by atoms with Crippen LogP contribution in [0.4, 0.5) is 0 Å². The lowest BCUT2D eigenvalue weighted by Gasteiger charge is -2.47. The fraction of sp³-hybridized carbons (Fsp3) is 0.812. The van der Waals surface area contributed by atoms with E-state index in [1.807, 2.05) is 13.8 Å². The summed E-state index contributed by atoms with van der Waals surface area (Å²) in [4.78, 5) is 0. The second kappa shape index (κ2) is 5.15. The molecule has 2 fully saturated rings. The van der Waals surface area contributed by atoms with E-state index in [0.29, 0.717) is 6.04 Å². The van der Waals surface area contributed by atoms with Crippen LogP contribution in [0.1, 0.15) is 74.5 Å². The molecule has 2 aliphatic rings. The zero-order valence-electron chi connectivity index (χ0n) is 12.9. The van der Waals surface area contributed by atoms with Crippen molar-refractivity contribution in [1.29, 1.82) is 0 Å². The van der Waals surface area contributed by atoms with Gasteiger partial charge in [0.05, 0.1) is 23.4 Å². The minimum absolute atomic E-state index is 0.138. The summed E-state index contributed by atoms with van der Waals surface area (Å²) < 4.78 is 8.17. The first-order chi connectivity index (χ1) is 9.56. The molecule has 1 saturated heterocycles. The highest BCUT2D eigenvalue weighted by molar-refractivity contribution is 5.27. The van der Waals surface area contributed by atoms with Crippen molar-refractivity contribution in [3.05, 3.63) is 17.0 Å². The smallest absolute Gasteiger partial charge is 0.0823 e. The van der Waals surface area contributed by atoms with Gasteiger partial charge in [0.25, 0.3) is 0 Å². The van der Waals surface area contributed by atoms with Crippen LogP contribution in [-0.4, -0.2) is 27.1 Å². The summed E-state index contributed by atoms with van der Waals surface area (Å²) in [5, 5.41) is 14.9. The highest BCUT2D eigenvalue weighted by atomic mass is 16.5. The maximum Gasteiger partial charge on any atom is 0.0823 e. The van der Waals surface area contributed by atoms with Gasteiger partial charge < -0.3 is 9.84 Å². The largest absolute Gasteiger partial charge is 0.388 e. The van der Waals surface area contributed by atoms with Gasteiger partial charge in [-0.25, -0.2) is 0 Å². The van der Waals surface area contributed by atoms with Gasteiger partial charge in [0.15, 0.2) is 0 Å². The highest BCUT2D eigenvalue weighted by Crippen LogP contribution is 2.46. The third-order valence-corrected chi connectivity index (χ3v) is 5.18. The van der Waals surface area contributed by atoms with Gasteiger partial charge in [-0.1, -0.05) is 6.92 Å². The Hall–Kier alpha value is -0.870. The van der Waals surface area contributed by atoms with Gasteiger partial charge in [0.1, 0.15) is 0 Å². The van der Waals surface area contributed by atoms with Crippen molar-refractivity contribution in [2.24, 2.45) is 0 Å². The molecule has 1 saturated carbocycles. The number of aromatic nitrogens is 2. The van der Waals surface area contributed by atoms with E-state index in [2.05, 4.69) is 11.6 Å². The predicted molar refractivity (Wildman–Crippen MR) is 77.8 cm³/mol. The lowest BCUT2D eigenvalue weighted by molar-refractivity contribution is -0.141. The van der Waals surface area contributed by atoms with Crippen LogP contribution in [0.2, 0.25) is 0 Å². The molecule has 0 amide bonds. The molecule has 3 rings (SSSR count). The molecular formula is C16H26N2O2. The summed E-state index contributed by atoms with van der Waals surface area (Å²) in [6, 6.07) is 0.431. The standard InChI is InChI=1S/C16H26N2O2/c1-4-14(19)15-11(2)17-18(12(15)3)13-6-9-20-16(10-13)7-5-8-16/h13-14,19H,4-10H2,1-3H3. The first kappa shape index (κ1) is 14.1. The fourth-order valence-electron chi connectivity index (χ4n) is 3.85. The van der Waals surface area contributed by atoms with Crippen LogP contribution in [0.15, 0.2) is 0 Å². The number of hydrogen-bond acceptors (Lipinski definition) is 3. The third-order valence-electron chi connectivity index (χ3n) is 5.18. The Morgan fingerprint density at radius 1 is 1.45 bits per heavy atom. The monoisotopic (exact) mass is 278 g/mol. The van der Waals surface area contributed by atoms with Gasteiger partial charge in [-0.2, -0.15) is 5.10 Å². The SMILES string of the molecule is CCC(O)c1c(C)nn(C2CCOC3(CCC3)C2)c1C. The van der Waals surface area contributed by atoms with Gasteiger partial charge in [0.2, 0.25) is 0 Å². The molecule has 2 heterocycles. The lowest BCUT2D eigenvalue weighted by Crippen LogP contribution is -2.46. The molecule has 20 heavy (non-hydrogen) atoms. The summed E-state index contributed by atoms with van der Waals surface area (Å²) in [5.74, 6) is 0. The molecule has 112 valence electrons. The van der Waals surface area contributed by atoms with Crippen molar-refractivity contribution in [2.45, 2.75) is 77.0 Å². The Morgan fingerprint density at radius 2 is 2.20 bits per heavy atom. The van der Waals surface area contributed by atoms with Crippen molar-refractivity contribution >= 4 is 0 Å². The quantitative estimate of drug-likeness (QED) is 0.923. The molecule has 0 radical (unpaired) electrons. The van der Waals surface area contributed by atoms with Gasteiger partial charge in [0, 0.05) is 17.9 Å². The molecule has 1 aliphatic heterocycles. The maximum absolute atomic E-state index is 10.2. The normalized spacial score (nSPS) is 26.5. The van der Waals surface area contributed by atoms with E-state index in [0.717, 1.165) is 42.8 Å². The zero-order valence-corrected chi connectivity index (χ0v) is 12.9. The molecule has 2 atom stereocenters. The number of aliphatic hydroxyl groups is 1. The van der Waals surface area contributed by atoms with Crippen LogP contribution >= 0.6 is 0 Å². The van der Waals surface area contributed by atoms with Crippen molar-refractivity contribution in [1.82, 2.24) is 9.78 Å². The second-order valence-electron chi connectivity index (χ2n) is 6.48. The molecular weight excluding hydrogens is 252 g/mol. The molecule has 1 spiro atoms. The second-order valence-corrected chi connectivity index (χ2v) is 6.48. The van der Waals surface area contributed by atoms with Crippen LogP contribution in [0.3, 0.4) is 0 Å².